The minimum atomic E-state index is 0.0607. The predicted molar refractivity (Wildman–Crippen MR) is 77.2 cm³/mol. The number of H-pyrrole nitrogens is 1. The van der Waals surface area contributed by atoms with Gasteiger partial charge in [0.15, 0.2) is 0 Å². The van der Waals surface area contributed by atoms with Crippen molar-refractivity contribution in [2.75, 3.05) is 18.0 Å². The lowest BCUT2D eigenvalue weighted by Crippen LogP contribution is -2.33. The number of nitrogens with zero attached hydrogens (tertiary/aromatic N) is 2. The highest BCUT2D eigenvalue weighted by Gasteiger charge is 2.20. The number of aromatic amines is 1. The molecule has 0 unspecified atom stereocenters. The van der Waals surface area contributed by atoms with Crippen LogP contribution in [0.1, 0.15) is 25.0 Å². The van der Waals surface area contributed by atoms with Crippen LogP contribution < -0.4 is 10.5 Å². The van der Waals surface area contributed by atoms with Gasteiger partial charge >= 0.3 is 0 Å². The summed E-state index contributed by atoms with van der Waals surface area (Å²) in [7, 11) is 0. The predicted octanol–water partition coefficient (Wildman–Crippen LogP) is 2.46. The molecule has 0 atom stereocenters. The summed E-state index contributed by atoms with van der Waals surface area (Å²) in [6.07, 6.45) is 3.62. The highest BCUT2D eigenvalue weighted by molar-refractivity contribution is 5.51. The van der Waals surface area contributed by atoms with E-state index in [0.29, 0.717) is 0 Å². The van der Waals surface area contributed by atoms with Gasteiger partial charge in [-0.15, -0.1) is 0 Å². The fourth-order valence-corrected chi connectivity index (χ4v) is 2.79. The number of para-hydroxylation sites is 1. The first-order chi connectivity index (χ1) is 9.27. The molecule has 2 heterocycles. The van der Waals surface area contributed by atoms with E-state index in [9.17, 15) is 4.79 Å². The lowest BCUT2D eigenvalue weighted by molar-refractivity contribution is 0.576. The molecule has 1 fully saturated rings. The molecule has 1 saturated heterocycles. The molecule has 0 bridgehead atoms. The van der Waals surface area contributed by atoms with Crippen molar-refractivity contribution in [2.45, 2.75) is 26.2 Å². The van der Waals surface area contributed by atoms with Crippen LogP contribution in [0.4, 0.5) is 5.69 Å². The van der Waals surface area contributed by atoms with E-state index in [4.69, 9.17) is 0 Å². The van der Waals surface area contributed by atoms with Crippen molar-refractivity contribution in [1.29, 1.82) is 0 Å². The first-order valence-corrected chi connectivity index (χ1v) is 6.89. The van der Waals surface area contributed by atoms with Gasteiger partial charge in [-0.2, -0.15) is 0 Å². The lowest BCUT2D eigenvalue weighted by atomic mass is 10.1. The zero-order chi connectivity index (χ0) is 13.2. The number of anilines is 1. The Labute approximate surface area is 112 Å². The molecule has 1 aromatic heterocycles. The number of piperidine rings is 1. The number of nitrogens with one attached hydrogen (secondary N) is 1. The third kappa shape index (κ3) is 2.18. The van der Waals surface area contributed by atoms with E-state index >= 15 is 0 Å². The molecule has 3 rings (SSSR count). The molecule has 0 saturated carbocycles. The van der Waals surface area contributed by atoms with Crippen LogP contribution in [0.2, 0.25) is 0 Å². The summed E-state index contributed by atoms with van der Waals surface area (Å²) in [5.74, 6) is 0. The van der Waals surface area contributed by atoms with Gasteiger partial charge in [0, 0.05) is 13.1 Å². The topological polar surface area (TPSA) is 41.0 Å². The van der Waals surface area contributed by atoms with Gasteiger partial charge in [-0.3, -0.25) is 9.89 Å². The monoisotopic (exact) mass is 257 g/mol. The maximum atomic E-state index is 12.6. The number of rotatable bonds is 2. The van der Waals surface area contributed by atoms with Gasteiger partial charge in [0.25, 0.3) is 5.56 Å². The van der Waals surface area contributed by atoms with Crippen LogP contribution in [-0.4, -0.2) is 22.9 Å². The Kier molecular flexibility index (Phi) is 3.15. The molecular formula is C15H19N3O. The standard InChI is InChI=1S/C15H19N3O/c1-12-14(17-10-6-3-7-11-17)15(19)18(16-12)13-8-4-2-5-9-13/h2,4-5,8-9,16H,3,6-7,10-11H2,1H3. The summed E-state index contributed by atoms with van der Waals surface area (Å²) in [5, 5.41) is 3.19. The van der Waals surface area contributed by atoms with Crippen LogP contribution in [0.25, 0.3) is 5.69 Å². The highest BCUT2D eigenvalue weighted by atomic mass is 16.1. The zero-order valence-electron chi connectivity index (χ0n) is 11.2. The van der Waals surface area contributed by atoms with Gasteiger partial charge < -0.3 is 4.90 Å². The molecule has 0 spiro atoms. The quantitative estimate of drug-likeness (QED) is 0.898. The summed E-state index contributed by atoms with van der Waals surface area (Å²) in [6.45, 7) is 3.95. The lowest BCUT2D eigenvalue weighted by Gasteiger charge is -2.27. The summed E-state index contributed by atoms with van der Waals surface area (Å²) in [6, 6.07) is 9.72. The van der Waals surface area contributed by atoms with E-state index in [1.54, 1.807) is 4.68 Å². The van der Waals surface area contributed by atoms with Crippen LogP contribution in [0.3, 0.4) is 0 Å². The number of hydrogen-bond acceptors (Lipinski definition) is 2. The van der Waals surface area contributed by atoms with E-state index in [2.05, 4.69) is 10.00 Å². The Bertz CT molecular complexity index is 606. The van der Waals surface area contributed by atoms with Gasteiger partial charge in [0.2, 0.25) is 0 Å². The SMILES string of the molecule is Cc1[nH]n(-c2ccccc2)c(=O)c1N1CCCCC1. The Morgan fingerprint density at radius 2 is 1.74 bits per heavy atom. The van der Waals surface area contributed by atoms with Gasteiger partial charge in [-0.05, 0) is 38.3 Å². The second-order valence-corrected chi connectivity index (χ2v) is 5.11. The van der Waals surface area contributed by atoms with Crippen molar-refractivity contribution in [3.63, 3.8) is 0 Å². The third-order valence-electron chi connectivity index (χ3n) is 3.73. The van der Waals surface area contributed by atoms with Crippen LogP contribution in [0.15, 0.2) is 35.1 Å². The first-order valence-electron chi connectivity index (χ1n) is 6.89. The number of benzene rings is 1. The van der Waals surface area contributed by atoms with E-state index in [0.717, 1.165) is 30.2 Å². The average Bonchev–Trinajstić information content (AvgIpc) is 2.76. The number of aryl methyl sites for hydroxylation is 1. The second-order valence-electron chi connectivity index (χ2n) is 5.11. The molecule has 0 radical (unpaired) electrons. The van der Waals surface area contributed by atoms with Crippen molar-refractivity contribution < 1.29 is 0 Å². The molecule has 1 aromatic carbocycles. The maximum Gasteiger partial charge on any atom is 0.295 e. The minimum absolute atomic E-state index is 0.0607. The van der Waals surface area contributed by atoms with Crippen molar-refractivity contribution in [3.8, 4) is 5.69 Å². The normalized spacial score (nSPS) is 15.7. The zero-order valence-corrected chi connectivity index (χ0v) is 11.2. The van der Waals surface area contributed by atoms with Crippen molar-refractivity contribution in [2.24, 2.45) is 0 Å². The van der Waals surface area contributed by atoms with Gasteiger partial charge in [-0.25, -0.2) is 4.68 Å². The molecule has 1 aliphatic heterocycles. The Hall–Kier alpha value is -1.97. The van der Waals surface area contributed by atoms with Gasteiger partial charge in [0.1, 0.15) is 5.69 Å². The molecule has 1 aliphatic rings. The number of hydrogen-bond donors (Lipinski definition) is 1. The Balaban J connectivity index is 2.03. The second kappa shape index (κ2) is 4.96. The van der Waals surface area contributed by atoms with Gasteiger partial charge in [-0.1, -0.05) is 18.2 Å². The molecule has 19 heavy (non-hydrogen) atoms. The molecule has 1 N–H and O–H groups in total. The van der Waals surface area contributed by atoms with Crippen molar-refractivity contribution in [1.82, 2.24) is 9.78 Å². The molecular weight excluding hydrogens is 238 g/mol. The minimum Gasteiger partial charge on any atom is -0.366 e. The molecule has 4 nitrogen and oxygen atoms in total. The van der Waals surface area contributed by atoms with Gasteiger partial charge in [0.05, 0.1) is 11.4 Å². The maximum absolute atomic E-state index is 12.6. The van der Waals surface area contributed by atoms with Crippen LogP contribution in [0, 0.1) is 6.92 Å². The smallest absolute Gasteiger partial charge is 0.295 e. The molecule has 100 valence electrons. The number of aromatic nitrogens is 2. The molecule has 2 aromatic rings. The fraction of sp³-hybridized carbons (Fsp3) is 0.400. The average molecular weight is 257 g/mol. The Morgan fingerprint density at radius 3 is 2.42 bits per heavy atom. The molecule has 0 aliphatic carbocycles. The van der Waals surface area contributed by atoms with Crippen LogP contribution in [-0.2, 0) is 0 Å². The summed E-state index contributed by atoms with van der Waals surface area (Å²) in [4.78, 5) is 14.8. The van der Waals surface area contributed by atoms with Crippen molar-refractivity contribution >= 4 is 5.69 Å². The van der Waals surface area contributed by atoms with E-state index in [-0.39, 0.29) is 5.56 Å². The largest absolute Gasteiger partial charge is 0.366 e. The summed E-state index contributed by atoms with van der Waals surface area (Å²) in [5.41, 5.74) is 2.74. The molecule has 4 heteroatoms. The van der Waals surface area contributed by atoms with E-state index in [1.165, 1.54) is 19.3 Å². The van der Waals surface area contributed by atoms with E-state index < -0.39 is 0 Å². The fourth-order valence-electron chi connectivity index (χ4n) is 2.79. The first kappa shape index (κ1) is 12.1. The van der Waals surface area contributed by atoms with E-state index in [1.807, 2.05) is 37.3 Å². The Morgan fingerprint density at radius 1 is 1.05 bits per heavy atom. The van der Waals surface area contributed by atoms with Crippen molar-refractivity contribution in [3.05, 3.63) is 46.4 Å². The summed E-state index contributed by atoms with van der Waals surface area (Å²) >= 11 is 0. The summed E-state index contributed by atoms with van der Waals surface area (Å²) < 4.78 is 1.64. The highest BCUT2D eigenvalue weighted by Crippen LogP contribution is 2.20. The third-order valence-corrected chi connectivity index (χ3v) is 3.73. The van der Waals surface area contributed by atoms with Crippen LogP contribution >= 0.6 is 0 Å². The van der Waals surface area contributed by atoms with Crippen LogP contribution in [0.5, 0.6) is 0 Å². The molecule has 0 amide bonds.